The number of piperidine rings is 1. The number of hydrogen-bond acceptors (Lipinski definition) is 3. The molecule has 1 fully saturated rings. The van der Waals surface area contributed by atoms with Crippen LogP contribution in [0, 0.1) is 11.3 Å². The number of carboxylic acid groups (broad SMARTS) is 1. The Morgan fingerprint density at radius 3 is 2.25 bits per heavy atom. The first-order chi connectivity index (χ1) is 11.3. The van der Waals surface area contributed by atoms with E-state index >= 15 is 0 Å². The number of carbonyl (C=O) groups is 2. The Hall–Kier alpha value is -1.88. The molecule has 1 aliphatic rings. The van der Waals surface area contributed by atoms with Crippen molar-refractivity contribution in [3.8, 4) is 0 Å². The summed E-state index contributed by atoms with van der Waals surface area (Å²) in [5, 5.41) is 15.6. The number of amides is 1. The first-order valence-electron chi connectivity index (χ1n) is 8.69. The topological polar surface area (TPSA) is 78.4 Å². The van der Waals surface area contributed by atoms with Crippen LogP contribution in [0.1, 0.15) is 50.8 Å². The highest BCUT2D eigenvalue weighted by Gasteiger charge is 2.47. The molecule has 1 heterocycles. The van der Waals surface area contributed by atoms with Gasteiger partial charge in [-0.2, -0.15) is 0 Å². The van der Waals surface area contributed by atoms with Gasteiger partial charge in [-0.25, -0.2) is 0 Å². The highest BCUT2D eigenvalue weighted by molar-refractivity contribution is 6.02. The minimum absolute atomic E-state index is 0.211. The fraction of sp³-hybridized carbons (Fsp3) is 0.579. The van der Waals surface area contributed by atoms with Crippen molar-refractivity contribution < 1.29 is 14.7 Å². The molecule has 0 aliphatic carbocycles. The van der Waals surface area contributed by atoms with Crippen LogP contribution in [-0.2, 0) is 16.0 Å². The second kappa shape index (κ2) is 7.79. The lowest BCUT2D eigenvalue weighted by molar-refractivity contribution is -0.158. The van der Waals surface area contributed by atoms with Gasteiger partial charge in [-0.15, -0.1) is 0 Å². The molecule has 2 rings (SSSR count). The van der Waals surface area contributed by atoms with Gasteiger partial charge in [0.1, 0.15) is 5.41 Å². The molecule has 1 aromatic carbocycles. The Bertz CT molecular complexity index is 575. The summed E-state index contributed by atoms with van der Waals surface area (Å²) in [6.45, 7) is 7.37. The number of nitrogens with one attached hydrogen (secondary N) is 2. The van der Waals surface area contributed by atoms with Gasteiger partial charge >= 0.3 is 5.97 Å². The van der Waals surface area contributed by atoms with Crippen LogP contribution < -0.4 is 10.6 Å². The maximum Gasteiger partial charge on any atom is 0.319 e. The molecule has 0 saturated carbocycles. The van der Waals surface area contributed by atoms with Crippen molar-refractivity contribution in [2.45, 2.75) is 46.1 Å². The Kier molecular flexibility index (Phi) is 5.99. The normalized spacial score (nSPS) is 18.2. The van der Waals surface area contributed by atoms with Crippen molar-refractivity contribution in [1.29, 1.82) is 0 Å². The van der Waals surface area contributed by atoms with E-state index in [1.807, 2.05) is 19.1 Å². The van der Waals surface area contributed by atoms with Crippen LogP contribution in [0.3, 0.4) is 0 Å². The van der Waals surface area contributed by atoms with Gasteiger partial charge in [0.05, 0.1) is 6.04 Å². The number of rotatable bonds is 6. The quantitative estimate of drug-likeness (QED) is 0.700. The summed E-state index contributed by atoms with van der Waals surface area (Å²) in [5.41, 5.74) is 0.954. The molecule has 0 radical (unpaired) electrons. The summed E-state index contributed by atoms with van der Waals surface area (Å²) < 4.78 is 0. The zero-order chi connectivity index (χ0) is 17.7. The van der Waals surface area contributed by atoms with Crippen molar-refractivity contribution in [2.75, 3.05) is 13.1 Å². The maximum absolute atomic E-state index is 12.6. The number of hydrogen-bond donors (Lipinski definition) is 3. The Balaban J connectivity index is 2.06. The molecular formula is C19H28N2O3. The standard InChI is InChI=1S/C19H28N2O3/c1-13(2)12-15-4-6-16(7-5-15)14(3)21-17(22)19(18(23)24)8-10-20-11-9-19/h4-7,13-14,20H,8-12H2,1-3H3,(H,21,22)(H,23,24). The third-order valence-electron chi connectivity index (χ3n) is 4.77. The van der Waals surface area contributed by atoms with Crippen molar-refractivity contribution in [3.05, 3.63) is 35.4 Å². The summed E-state index contributed by atoms with van der Waals surface area (Å²) in [6.07, 6.45) is 1.68. The van der Waals surface area contributed by atoms with Gasteiger partial charge in [-0.1, -0.05) is 38.1 Å². The molecule has 1 aromatic rings. The smallest absolute Gasteiger partial charge is 0.319 e. The summed E-state index contributed by atoms with van der Waals surface area (Å²) in [6, 6.07) is 7.97. The van der Waals surface area contributed by atoms with Crippen molar-refractivity contribution >= 4 is 11.9 Å². The Labute approximate surface area is 143 Å². The molecule has 1 amide bonds. The lowest BCUT2D eigenvalue weighted by Crippen LogP contribution is -2.52. The molecule has 0 aromatic heterocycles. The first-order valence-corrected chi connectivity index (χ1v) is 8.69. The molecule has 132 valence electrons. The van der Waals surface area contributed by atoms with Crippen LogP contribution >= 0.6 is 0 Å². The van der Waals surface area contributed by atoms with Crippen molar-refractivity contribution in [2.24, 2.45) is 11.3 Å². The zero-order valence-corrected chi connectivity index (χ0v) is 14.8. The van der Waals surface area contributed by atoms with E-state index in [0.717, 1.165) is 12.0 Å². The van der Waals surface area contributed by atoms with Gasteiger partial charge in [0, 0.05) is 0 Å². The molecule has 1 saturated heterocycles. The van der Waals surface area contributed by atoms with Crippen LogP contribution in [0.4, 0.5) is 0 Å². The van der Waals surface area contributed by atoms with E-state index in [9.17, 15) is 14.7 Å². The number of carboxylic acids is 1. The average Bonchev–Trinajstić information content (AvgIpc) is 2.55. The fourth-order valence-corrected chi connectivity index (χ4v) is 3.22. The van der Waals surface area contributed by atoms with E-state index in [0.29, 0.717) is 31.8 Å². The van der Waals surface area contributed by atoms with Gasteiger partial charge in [0.2, 0.25) is 5.91 Å². The molecule has 5 heteroatoms. The molecular weight excluding hydrogens is 304 g/mol. The average molecular weight is 332 g/mol. The van der Waals surface area contributed by atoms with E-state index < -0.39 is 11.4 Å². The van der Waals surface area contributed by atoms with Crippen LogP contribution in [-0.4, -0.2) is 30.1 Å². The summed E-state index contributed by atoms with van der Waals surface area (Å²) in [5.74, 6) is -0.806. The lowest BCUT2D eigenvalue weighted by Gasteiger charge is -2.33. The summed E-state index contributed by atoms with van der Waals surface area (Å²) >= 11 is 0. The number of benzene rings is 1. The van der Waals surface area contributed by atoms with E-state index in [-0.39, 0.29) is 11.9 Å². The third-order valence-corrected chi connectivity index (χ3v) is 4.77. The van der Waals surface area contributed by atoms with Crippen LogP contribution in [0.15, 0.2) is 24.3 Å². The highest BCUT2D eigenvalue weighted by Crippen LogP contribution is 2.30. The second-order valence-corrected chi connectivity index (χ2v) is 7.17. The molecule has 0 bridgehead atoms. The predicted molar refractivity (Wildman–Crippen MR) is 93.7 cm³/mol. The fourth-order valence-electron chi connectivity index (χ4n) is 3.22. The molecule has 1 aliphatic heterocycles. The van der Waals surface area contributed by atoms with Crippen LogP contribution in [0.25, 0.3) is 0 Å². The summed E-state index contributed by atoms with van der Waals surface area (Å²) in [7, 11) is 0. The van der Waals surface area contributed by atoms with Gasteiger partial charge in [-0.05, 0) is 56.3 Å². The van der Waals surface area contributed by atoms with Gasteiger partial charge in [0.15, 0.2) is 0 Å². The molecule has 3 N–H and O–H groups in total. The predicted octanol–water partition coefficient (Wildman–Crippen LogP) is 2.52. The molecule has 5 nitrogen and oxygen atoms in total. The van der Waals surface area contributed by atoms with Crippen molar-refractivity contribution in [1.82, 2.24) is 10.6 Å². The minimum atomic E-state index is -1.31. The van der Waals surface area contributed by atoms with Crippen LogP contribution in [0.2, 0.25) is 0 Å². The lowest BCUT2D eigenvalue weighted by atomic mass is 9.78. The molecule has 1 atom stereocenters. The SMILES string of the molecule is CC(C)Cc1ccc(C(C)NC(=O)C2(C(=O)O)CCNCC2)cc1. The van der Waals surface area contributed by atoms with E-state index in [4.69, 9.17) is 0 Å². The Morgan fingerprint density at radius 1 is 1.17 bits per heavy atom. The highest BCUT2D eigenvalue weighted by atomic mass is 16.4. The van der Waals surface area contributed by atoms with Gasteiger partial charge < -0.3 is 15.7 Å². The van der Waals surface area contributed by atoms with E-state index in [1.165, 1.54) is 5.56 Å². The maximum atomic E-state index is 12.6. The number of aliphatic carboxylic acids is 1. The first kappa shape index (κ1) is 18.5. The molecule has 0 spiro atoms. The van der Waals surface area contributed by atoms with Gasteiger partial charge in [0.25, 0.3) is 0 Å². The monoisotopic (exact) mass is 332 g/mol. The minimum Gasteiger partial charge on any atom is -0.480 e. The van der Waals surface area contributed by atoms with Crippen LogP contribution in [0.5, 0.6) is 0 Å². The summed E-state index contributed by atoms with van der Waals surface area (Å²) in [4.78, 5) is 24.3. The zero-order valence-electron chi connectivity index (χ0n) is 14.8. The molecule has 1 unspecified atom stereocenters. The van der Waals surface area contributed by atoms with Crippen molar-refractivity contribution in [3.63, 3.8) is 0 Å². The molecule has 24 heavy (non-hydrogen) atoms. The van der Waals surface area contributed by atoms with Gasteiger partial charge in [-0.3, -0.25) is 9.59 Å². The van der Waals surface area contributed by atoms with E-state index in [1.54, 1.807) is 0 Å². The second-order valence-electron chi connectivity index (χ2n) is 7.17. The number of carbonyl (C=O) groups excluding carboxylic acids is 1. The largest absolute Gasteiger partial charge is 0.480 e. The van der Waals surface area contributed by atoms with E-state index in [2.05, 4.69) is 36.6 Å². The Morgan fingerprint density at radius 2 is 1.75 bits per heavy atom. The third kappa shape index (κ3) is 4.15.